The molecule has 0 radical (unpaired) electrons. The molecule has 6 nitrogen and oxygen atoms in total. The molecule has 26 heavy (non-hydrogen) atoms. The highest BCUT2D eigenvalue weighted by molar-refractivity contribution is 9.10. The molecule has 0 saturated carbocycles. The van der Waals surface area contributed by atoms with Crippen LogP contribution in [0.1, 0.15) is 28.4 Å². The van der Waals surface area contributed by atoms with E-state index in [2.05, 4.69) is 31.8 Å². The van der Waals surface area contributed by atoms with Crippen molar-refractivity contribution in [3.05, 3.63) is 63.6 Å². The smallest absolute Gasteiger partial charge is 0.259 e. The standard InChI is InChI=1S/C19H20BrN3O3/c1-3-26-16-7-8-17(20)15(10-16)11-22-23-18(24)12-21-19(25)14-6-4-5-13(2)9-14/h4-11H,3,12H2,1-2H3,(H,21,25)(H,23,24). The van der Waals surface area contributed by atoms with E-state index in [-0.39, 0.29) is 12.5 Å². The number of halogens is 1. The van der Waals surface area contributed by atoms with Gasteiger partial charge in [-0.3, -0.25) is 9.59 Å². The van der Waals surface area contributed by atoms with Crippen LogP contribution in [-0.4, -0.2) is 31.2 Å². The highest BCUT2D eigenvalue weighted by Crippen LogP contribution is 2.21. The van der Waals surface area contributed by atoms with E-state index in [1.807, 2.05) is 38.1 Å². The van der Waals surface area contributed by atoms with E-state index in [1.54, 1.807) is 18.2 Å². The first-order valence-electron chi connectivity index (χ1n) is 8.08. The molecule has 0 atom stereocenters. The molecular weight excluding hydrogens is 398 g/mol. The van der Waals surface area contributed by atoms with Gasteiger partial charge in [0.25, 0.3) is 11.8 Å². The number of rotatable bonds is 7. The Balaban J connectivity index is 1.86. The van der Waals surface area contributed by atoms with Crippen LogP contribution in [0.2, 0.25) is 0 Å². The number of amides is 2. The Labute approximate surface area is 160 Å². The molecule has 2 amide bonds. The molecule has 0 fully saturated rings. The lowest BCUT2D eigenvalue weighted by atomic mass is 10.1. The lowest BCUT2D eigenvalue weighted by Crippen LogP contribution is -2.34. The molecule has 0 bridgehead atoms. The van der Waals surface area contributed by atoms with E-state index in [1.165, 1.54) is 6.21 Å². The van der Waals surface area contributed by atoms with Crippen molar-refractivity contribution in [2.45, 2.75) is 13.8 Å². The Morgan fingerprint density at radius 3 is 2.77 bits per heavy atom. The Morgan fingerprint density at radius 2 is 2.04 bits per heavy atom. The summed E-state index contributed by atoms with van der Waals surface area (Å²) in [6, 6.07) is 12.6. The topological polar surface area (TPSA) is 79.8 Å². The minimum absolute atomic E-state index is 0.162. The van der Waals surface area contributed by atoms with Gasteiger partial charge in [0.05, 0.1) is 19.4 Å². The van der Waals surface area contributed by atoms with E-state index in [0.29, 0.717) is 17.9 Å². The third-order valence-corrected chi connectivity index (χ3v) is 4.08. The molecule has 0 heterocycles. The zero-order chi connectivity index (χ0) is 18.9. The fourth-order valence-corrected chi connectivity index (χ4v) is 2.49. The molecule has 136 valence electrons. The Bertz CT molecular complexity index is 821. The number of nitrogens with one attached hydrogen (secondary N) is 2. The molecule has 7 heteroatoms. The van der Waals surface area contributed by atoms with E-state index in [4.69, 9.17) is 4.74 Å². The highest BCUT2D eigenvalue weighted by atomic mass is 79.9. The van der Waals surface area contributed by atoms with Crippen LogP contribution in [-0.2, 0) is 4.79 Å². The SMILES string of the molecule is CCOc1ccc(Br)c(C=NNC(=O)CNC(=O)c2cccc(C)c2)c1. The largest absolute Gasteiger partial charge is 0.494 e. The first kappa shape index (κ1) is 19.7. The van der Waals surface area contributed by atoms with E-state index in [9.17, 15) is 9.59 Å². The van der Waals surface area contributed by atoms with Crippen LogP contribution in [0.3, 0.4) is 0 Å². The minimum atomic E-state index is -0.417. The van der Waals surface area contributed by atoms with Gasteiger partial charge in [-0.2, -0.15) is 5.10 Å². The van der Waals surface area contributed by atoms with Gasteiger partial charge in [-0.1, -0.05) is 33.6 Å². The maximum atomic E-state index is 12.0. The zero-order valence-electron chi connectivity index (χ0n) is 14.6. The maximum Gasteiger partial charge on any atom is 0.259 e. The fraction of sp³-hybridized carbons (Fsp3) is 0.211. The van der Waals surface area contributed by atoms with Crippen molar-refractivity contribution in [1.82, 2.24) is 10.7 Å². The van der Waals surface area contributed by atoms with Gasteiger partial charge in [0.2, 0.25) is 0 Å². The van der Waals surface area contributed by atoms with Gasteiger partial charge in [0, 0.05) is 15.6 Å². The average Bonchev–Trinajstić information content (AvgIpc) is 2.62. The molecule has 0 aliphatic carbocycles. The van der Waals surface area contributed by atoms with Crippen molar-refractivity contribution in [3.63, 3.8) is 0 Å². The van der Waals surface area contributed by atoms with Crippen molar-refractivity contribution >= 4 is 34.0 Å². The number of hydrazone groups is 1. The predicted octanol–water partition coefficient (Wildman–Crippen LogP) is 3.04. The lowest BCUT2D eigenvalue weighted by molar-refractivity contribution is -0.120. The molecular formula is C19H20BrN3O3. The van der Waals surface area contributed by atoms with Gasteiger partial charge in [-0.15, -0.1) is 0 Å². The second kappa shape index (κ2) is 9.72. The summed E-state index contributed by atoms with van der Waals surface area (Å²) in [7, 11) is 0. The highest BCUT2D eigenvalue weighted by Gasteiger charge is 2.07. The summed E-state index contributed by atoms with van der Waals surface area (Å²) >= 11 is 3.41. The monoisotopic (exact) mass is 417 g/mol. The Kier molecular flexibility index (Phi) is 7.35. The molecule has 2 aromatic rings. The van der Waals surface area contributed by atoms with Crippen LogP contribution in [0.4, 0.5) is 0 Å². The normalized spacial score (nSPS) is 10.6. The number of carbonyl (C=O) groups is 2. The summed E-state index contributed by atoms with van der Waals surface area (Å²) < 4.78 is 6.25. The molecule has 2 N–H and O–H groups in total. The van der Waals surface area contributed by atoms with Crippen LogP contribution >= 0.6 is 15.9 Å². The molecule has 0 saturated heterocycles. The number of carbonyl (C=O) groups excluding carboxylic acids is 2. The number of nitrogens with zero attached hydrogens (tertiary/aromatic N) is 1. The van der Waals surface area contributed by atoms with Crippen molar-refractivity contribution in [1.29, 1.82) is 0 Å². The maximum absolute atomic E-state index is 12.0. The van der Waals surface area contributed by atoms with Crippen LogP contribution < -0.4 is 15.5 Å². The van der Waals surface area contributed by atoms with E-state index in [0.717, 1.165) is 15.6 Å². The Morgan fingerprint density at radius 1 is 1.23 bits per heavy atom. The molecule has 0 aromatic heterocycles. The van der Waals surface area contributed by atoms with Crippen molar-refractivity contribution in [2.75, 3.05) is 13.2 Å². The number of aryl methyl sites for hydroxylation is 1. The average molecular weight is 418 g/mol. The van der Waals surface area contributed by atoms with Crippen LogP contribution in [0, 0.1) is 6.92 Å². The summed E-state index contributed by atoms with van der Waals surface area (Å²) in [6.45, 7) is 4.21. The molecule has 0 unspecified atom stereocenters. The van der Waals surface area contributed by atoms with Gasteiger partial charge in [0.1, 0.15) is 5.75 Å². The second-order valence-corrected chi connectivity index (χ2v) is 6.32. The van der Waals surface area contributed by atoms with Crippen LogP contribution in [0.25, 0.3) is 0 Å². The van der Waals surface area contributed by atoms with Gasteiger partial charge in [0.15, 0.2) is 0 Å². The van der Waals surface area contributed by atoms with Crippen molar-refractivity contribution in [2.24, 2.45) is 5.10 Å². The summed E-state index contributed by atoms with van der Waals surface area (Å²) in [5.41, 5.74) is 4.64. The Hall–Kier alpha value is -2.67. The summed E-state index contributed by atoms with van der Waals surface area (Å²) in [4.78, 5) is 23.8. The molecule has 0 aliphatic heterocycles. The third kappa shape index (κ3) is 6.00. The fourth-order valence-electron chi connectivity index (χ4n) is 2.14. The lowest BCUT2D eigenvalue weighted by Gasteiger charge is -2.06. The second-order valence-electron chi connectivity index (χ2n) is 5.46. The van der Waals surface area contributed by atoms with Crippen LogP contribution in [0.15, 0.2) is 52.0 Å². The number of hydrogen-bond donors (Lipinski definition) is 2. The van der Waals surface area contributed by atoms with E-state index >= 15 is 0 Å². The number of hydrogen-bond acceptors (Lipinski definition) is 4. The first-order valence-corrected chi connectivity index (χ1v) is 8.88. The first-order chi connectivity index (χ1) is 12.5. The van der Waals surface area contributed by atoms with Crippen LogP contribution in [0.5, 0.6) is 5.75 Å². The van der Waals surface area contributed by atoms with Gasteiger partial charge in [-0.25, -0.2) is 5.43 Å². The molecule has 2 rings (SSSR count). The molecule has 0 spiro atoms. The zero-order valence-corrected chi connectivity index (χ0v) is 16.2. The van der Waals surface area contributed by atoms with Gasteiger partial charge < -0.3 is 10.1 Å². The summed E-state index contributed by atoms with van der Waals surface area (Å²) in [5.74, 6) is -0.00628. The summed E-state index contributed by atoms with van der Waals surface area (Å²) in [5, 5.41) is 6.46. The van der Waals surface area contributed by atoms with E-state index < -0.39 is 5.91 Å². The number of ether oxygens (including phenoxy) is 1. The van der Waals surface area contributed by atoms with Gasteiger partial charge in [-0.05, 0) is 44.2 Å². The van der Waals surface area contributed by atoms with Gasteiger partial charge >= 0.3 is 0 Å². The molecule has 0 aliphatic rings. The number of benzene rings is 2. The summed E-state index contributed by atoms with van der Waals surface area (Å²) in [6.07, 6.45) is 1.51. The van der Waals surface area contributed by atoms with Crippen molar-refractivity contribution in [3.8, 4) is 5.75 Å². The molecule has 2 aromatic carbocycles. The third-order valence-electron chi connectivity index (χ3n) is 3.36. The predicted molar refractivity (Wildman–Crippen MR) is 105 cm³/mol. The minimum Gasteiger partial charge on any atom is -0.494 e. The van der Waals surface area contributed by atoms with Crippen molar-refractivity contribution < 1.29 is 14.3 Å². The quantitative estimate of drug-likeness (QED) is 0.536.